The van der Waals surface area contributed by atoms with E-state index < -0.39 is 11.9 Å². The van der Waals surface area contributed by atoms with Gasteiger partial charge >= 0.3 is 5.97 Å². The highest BCUT2D eigenvalue weighted by Gasteiger charge is 2.16. The zero-order valence-electron chi connectivity index (χ0n) is 10.8. The third-order valence-electron chi connectivity index (χ3n) is 2.28. The minimum atomic E-state index is -1.10. The number of primary amides is 1. The summed E-state index contributed by atoms with van der Waals surface area (Å²) in [5.41, 5.74) is 5.21. The van der Waals surface area contributed by atoms with Gasteiger partial charge in [0.1, 0.15) is 11.0 Å². The van der Waals surface area contributed by atoms with Crippen molar-refractivity contribution in [2.24, 2.45) is 11.7 Å². The van der Waals surface area contributed by atoms with E-state index in [4.69, 9.17) is 22.4 Å². The monoisotopic (exact) mass is 285 g/mol. The molecule has 1 aromatic rings. The van der Waals surface area contributed by atoms with Gasteiger partial charge < -0.3 is 15.7 Å². The van der Waals surface area contributed by atoms with Gasteiger partial charge in [-0.2, -0.15) is 0 Å². The number of halogens is 1. The molecule has 0 fully saturated rings. The fourth-order valence-corrected chi connectivity index (χ4v) is 1.84. The quantitative estimate of drug-likeness (QED) is 0.770. The molecule has 0 aliphatic heterocycles. The van der Waals surface area contributed by atoms with Gasteiger partial charge in [-0.3, -0.25) is 4.79 Å². The Balaban J connectivity index is 3.13. The van der Waals surface area contributed by atoms with Crippen LogP contribution in [0.2, 0.25) is 5.15 Å². The first-order valence-electron chi connectivity index (χ1n) is 5.73. The molecular formula is C12H16ClN3O3. The normalized spacial score (nSPS) is 10.5. The van der Waals surface area contributed by atoms with Gasteiger partial charge in [-0.15, -0.1) is 0 Å². The Morgan fingerprint density at radius 1 is 1.47 bits per heavy atom. The number of aromatic nitrogens is 1. The largest absolute Gasteiger partial charge is 0.478 e. The molecule has 19 heavy (non-hydrogen) atoms. The Bertz CT molecular complexity index is 491. The molecular weight excluding hydrogens is 270 g/mol. The van der Waals surface area contributed by atoms with E-state index in [0.717, 1.165) is 0 Å². The van der Waals surface area contributed by atoms with E-state index in [0.29, 0.717) is 12.4 Å². The first-order chi connectivity index (χ1) is 8.79. The fraction of sp³-hybridized carbons (Fsp3) is 0.417. The Labute approximate surface area is 116 Å². The number of nitrogens with zero attached hydrogens (tertiary/aromatic N) is 2. The fourth-order valence-electron chi connectivity index (χ4n) is 1.64. The zero-order valence-corrected chi connectivity index (χ0v) is 11.5. The Kier molecular flexibility index (Phi) is 5.11. The maximum absolute atomic E-state index is 11.1. The van der Waals surface area contributed by atoms with E-state index in [1.54, 1.807) is 4.90 Å². The SMILES string of the molecule is CC(C)CN(CC(N)=O)c1cc(C(=O)O)cc(Cl)n1. The smallest absolute Gasteiger partial charge is 0.335 e. The van der Waals surface area contributed by atoms with Crippen molar-refractivity contribution in [2.75, 3.05) is 18.0 Å². The second-order valence-corrected chi connectivity index (χ2v) is 4.97. The number of carbonyl (C=O) groups excluding carboxylic acids is 1. The van der Waals surface area contributed by atoms with Crippen LogP contribution in [0.15, 0.2) is 12.1 Å². The molecule has 7 heteroatoms. The molecule has 0 spiro atoms. The molecule has 0 aliphatic rings. The van der Waals surface area contributed by atoms with E-state index >= 15 is 0 Å². The van der Waals surface area contributed by atoms with Crippen molar-refractivity contribution in [3.8, 4) is 0 Å². The number of rotatable bonds is 6. The van der Waals surface area contributed by atoms with Crippen LogP contribution in [-0.4, -0.2) is 35.1 Å². The molecule has 1 amide bonds. The molecule has 0 bridgehead atoms. The lowest BCUT2D eigenvalue weighted by Crippen LogP contribution is -2.37. The van der Waals surface area contributed by atoms with E-state index in [1.165, 1.54) is 12.1 Å². The lowest BCUT2D eigenvalue weighted by molar-refractivity contribution is -0.116. The summed E-state index contributed by atoms with van der Waals surface area (Å²) in [6.07, 6.45) is 0. The Morgan fingerprint density at radius 3 is 2.58 bits per heavy atom. The van der Waals surface area contributed by atoms with Crippen LogP contribution in [0.25, 0.3) is 0 Å². The van der Waals surface area contributed by atoms with Gasteiger partial charge in [-0.1, -0.05) is 25.4 Å². The van der Waals surface area contributed by atoms with Crippen LogP contribution in [0.3, 0.4) is 0 Å². The third-order valence-corrected chi connectivity index (χ3v) is 2.48. The number of carboxylic acid groups (broad SMARTS) is 1. The summed E-state index contributed by atoms with van der Waals surface area (Å²) in [6.45, 7) is 4.42. The number of anilines is 1. The summed E-state index contributed by atoms with van der Waals surface area (Å²) in [4.78, 5) is 27.7. The van der Waals surface area contributed by atoms with E-state index in [9.17, 15) is 9.59 Å². The van der Waals surface area contributed by atoms with E-state index in [2.05, 4.69) is 4.98 Å². The standard InChI is InChI=1S/C12H16ClN3O3/c1-7(2)5-16(6-10(14)17)11-4-8(12(18)19)3-9(13)15-11/h3-4,7H,5-6H2,1-2H3,(H2,14,17)(H,18,19). The van der Waals surface area contributed by atoms with Crippen LogP contribution >= 0.6 is 11.6 Å². The van der Waals surface area contributed by atoms with Gasteiger partial charge in [-0.25, -0.2) is 9.78 Å². The molecule has 0 saturated carbocycles. The minimum Gasteiger partial charge on any atom is -0.478 e. The molecule has 0 aromatic carbocycles. The summed E-state index contributed by atoms with van der Waals surface area (Å²) in [5.74, 6) is -1.03. The van der Waals surface area contributed by atoms with Crippen molar-refractivity contribution in [1.82, 2.24) is 4.98 Å². The van der Waals surface area contributed by atoms with Gasteiger partial charge in [0.15, 0.2) is 0 Å². The molecule has 0 atom stereocenters. The van der Waals surface area contributed by atoms with Crippen LogP contribution in [-0.2, 0) is 4.79 Å². The Hall–Kier alpha value is -1.82. The lowest BCUT2D eigenvalue weighted by Gasteiger charge is -2.24. The van der Waals surface area contributed by atoms with Gasteiger partial charge in [0, 0.05) is 6.54 Å². The number of carbonyl (C=O) groups is 2. The molecule has 0 radical (unpaired) electrons. The first kappa shape index (κ1) is 15.2. The van der Waals surface area contributed by atoms with Crippen LogP contribution < -0.4 is 10.6 Å². The van der Waals surface area contributed by atoms with Crippen LogP contribution in [0.5, 0.6) is 0 Å². The predicted octanol–water partition coefficient (Wildman–Crippen LogP) is 1.38. The summed E-state index contributed by atoms with van der Waals surface area (Å²) in [7, 11) is 0. The highest BCUT2D eigenvalue weighted by atomic mass is 35.5. The molecule has 6 nitrogen and oxygen atoms in total. The number of amides is 1. The maximum atomic E-state index is 11.1. The second kappa shape index (κ2) is 6.38. The highest BCUT2D eigenvalue weighted by molar-refractivity contribution is 6.29. The predicted molar refractivity (Wildman–Crippen MR) is 72.5 cm³/mol. The molecule has 0 unspecified atom stereocenters. The minimum absolute atomic E-state index is 0.0215. The van der Waals surface area contributed by atoms with Gasteiger partial charge in [0.05, 0.1) is 12.1 Å². The number of aromatic carboxylic acids is 1. The number of carboxylic acids is 1. The zero-order chi connectivity index (χ0) is 14.6. The summed E-state index contributed by atoms with van der Waals surface area (Å²) in [6, 6.07) is 2.63. The molecule has 1 aromatic heterocycles. The van der Waals surface area contributed by atoms with Crippen molar-refractivity contribution in [3.63, 3.8) is 0 Å². The summed E-state index contributed by atoms with van der Waals surface area (Å²) < 4.78 is 0. The number of hydrogen-bond acceptors (Lipinski definition) is 4. The molecule has 104 valence electrons. The highest BCUT2D eigenvalue weighted by Crippen LogP contribution is 2.19. The molecule has 0 saturated heterocycles. The van der Waals surface area contributed by atoms with Crippen LogP contribution in [0.4, 0.5) is 5.82 Å². The maximum Gasteiger partial charge on any atom is 0.335 e. The van der Waals surface area contributed by atoms with Crippen LogP contribution in [0.1, 0.15) is 24.2 Å². The molecule has 0 aliphatic carbocycles. The van der Waals surface area contributed by atoms with Crippen molar-refractivity contribution in [3.05, 3.63) is 22.8 Å². The summed E-state index contributed by atoms with van der Waals surface area (Å²) >= 11 is 5.79. The van der Waals surface area contributed by atoms with Gasteiger partial charge in [-0.05, 0) is 18.1 Å². The average Bonchev–Trinajstić information content (AvgIpc) is 2.25. The third kappa shape index (κ3) is 4.75. The van der Waals surface area contributed by atoms with Gasteiger partial charge in [0.25, 0.3) is 0 Å². The topological polar surface area (TPSA) is 96.5 Å². The summed E-state index contributed by atoms with van der Waals surface area (Å²) in [5, 5.41) is 9.05. The van der Waals surface area contributed by atoms with Crippen LogP contribution in [0, 0.1) is 5.92 Å². The van der Waals surface area contributed by atoms with Crippen molar-refractivity contribution < 1.29 is 14.7 Å². The molecule has 3 N–H and O–H groups in total. The first-order valence-corrected chi connectivity index (χ1v) is 6.11. The molecule has 1 rings (SSSR count). The average molecular weight is 286 g/mol. The number of nitrogens with two attached hydrogens (primary N) is 1. The van der Waals surface area contributed by atoms with E-state index in [-0.39, 0.29) is 23.2 Å². The number of hydrogen-bond donors (Lipinski definition) is 2. The van der Waals surface area contributed by atoms with E-state index in [1.807, 2.05) is 13.8 Å². The number of pyridine rings is 1. The lowest BCUT2D eigenvalue weighted by atomic mass is 10.2. The second-order valence-electron chi connectivity index (χ2n) is 4.58. The van der Waals surface area contributed by atoms with Crippen molar-refractivity contribution >= 4 is 29.3 Å². The molecule has 1 heterocycles. The van der Waals surface area contributed by atoms with Crippen molar-refractivity contribution in [2.45, 2.75) is 13.8 Å². The Morgan fingerprint density at radius 2 is 2.11 bits per heavy atom. The van der Waals surface area contributed by atoms with Gasteiger partial charge in [0.2, 0.25) is 5.91 Å². The van der Waals surface area contributed by atoms with Crippen molar-refractivity contribution in [1.29, 1.82) is 0 Å².